The van der Waals surface area contributed by atoms with Crippen molar-refractivity contribution in [3.05, 3.63) is 36.5 Å². The Morgan fingerprint density at radius 2 is 2.23 bits per heavy atom. The van der Waals surface area contributed by atoms with Crippen molar-refractivity contribution < 1.29 is 4.79 Å². The fraction of sp³-hybridized carbons (Fsp3) is 0.200. The van der Waals surface area contributed by atoms with Crippen LogP contribution in [0.2, 0.25) is 0 Å². The van der Waals surface area contributed by atoms with Crippen LogP contribution in [-0.2, 0) is 4.79 Å². The van der Waals surface area contributed by atoms with Crippen LogP contribution in [0.5, 0.6) is 0 Å². The number of hydrogen-bond donors (Lipinski definition) is 1. The lowest BCUT2D eigenvalue weighted by Gasteiger charge is -1.98. The van der Waals surface area contributed by atoms with Gasteiger partial charge in [0.1, 0.15) is 0 Å². The van der Waals surface area contributed by atoms with Gasteiger partial charge in [0.15, 0.2) is 5.78 Å². The van der Waals surface area contributed by atoms with Gasteiger partial charge in [-0.05, 0) is 6.92 Å². The second kappa shape index (κ2) is 6.31. The zero-order valence-corrected chi connectivity index (χ0v) is 8.43. The number of carbonyl (C=O) groups is 1. The highest BCUT2D eigenvalue weighted by molar-refractivity contribution is 7.80. The normalized spacial score (nSPS) is 11.6. The van der Waals surface area contributed by atoms with Crippen molar-refractivity contribution in [2.45, 2.75) is 13.3 Å². The monoisotopic (exact) mass is 195 g/mol. The number of ketones is 1. The number of carbonyl (C=O) groups excluding carboxylic acids is 1. The molecule has 13 heavy (non-hydrogen) atoms. The minimum atomic E-state index is -0.0967. The molecule has 0 aliphatic heterocycles. The van der Waals surface area contributed by atoms with Crippen LogP contribution in [0.15, 0.2) is 36.5 Å². The highest BCUT2D eigenvalue weighted by Crippen LogP contribution is 2.02. The molecule has 0 aromatic heterocycles. The molecule has 2 N–H and O–H groups in total. The lowest BCUT2D eigenvalue weighted by molar-refractivity contribution is -0.114. The van der Waals surface area contributed by atoms with E-state index in [9.17, 15) is 4.79 Å². The van der Waals surface area contributed by atoms with E-state index >= 15 is 0 Å². The first kappa shape index (κ1) is 11.8. The Morgan fingerprint density at radius 1 is 1.62 bits per heavy atom. The molecule has 0 spiro atoms. The third-order valence-electron chi connectivity index (χ3n) is 1.34. The van der Waals surface area contributed by atoms with Gasteiger partial charge in [-0.2, -0.15) is 0 Å². The van der Waals surface area contributed by atoms with E-state index in [1.165, 1.54) is 6.08 Å². The zero-order valence-electron chi connectivity index (χ0n) is 7.62. The van der Waals surface area contributed by atoms with Gasteiger partial charge in [-0.1, -0.05) is 43.1 Å². The molecule has 0 saturated heterocycles. The predicted octanol–water partition coefficient (Wildman–Crippen LogP) is 1.92. The molecule has 0 aliphatic rings. The standard InChI is InChI=1S/C10H13NOS/c1-3-5-6-8(4-2)9(12)7-10(11)13/h3-6H,2,7H2,1H3,(H2,11,13)/b5-3-,8-6+. The molecule has 3 heteroatoms. The average molecular weight is 195 g/mol. The summed E-state index contributed by atoms with van der Waals surface area (Å²) in [7, 11) is 0. The van der Waals surface area contributed by atoms with Crippen molar-refractivity contribution >= 4 is 23.0 Å². The molecule has 0 fully saturated rings. The lowest BCUT2D eigenvalue weighted by atomic mass is 10.1. The molecule has 70 valence electrons. The topological polar surface area (TPSA) is 43.1 Å². The fourth-order valence-corrected chi connectivity index (χ4v) is 0.866. The van der Waals surface area contributed by atoms with E-state index in [0.717, 1.165) is 0 Å². The van der Waals surface area contributed by atoms with E-state index in [2.05, 4.69) is 18.8 Å². The minimum absolute atomic E-state index is 0.0967. The SMILES string of the molecule is C=C/C(=C\C=C/C)C(=O)CC(N)=S. The predicted molar refractivity (Wildman–Crippen MR) is 59.5 cm³/mol. The quantitative estimate of drug-likeness (QED) is 0.414. The van der Waals surface area contributed by atoms with E-state index in [-0.39, 0.29) is 17.2 Å². The van der Waals surface area contributed by atoms with Gasteiger partial charge in [0.05, 0.1) is 11.4 Å². The number of hydrogen-bond acceptors (Lipinski definition) is 2. The van der Waals surface area contributed by atoms with Crippen molar-refractivity contribution in [2.75, 3.05) is 0 Å². The third kappa shape index (κ3) is 5.09. The molecule has 0 amide bonds. The van der Waals surface area contributed by atoms with E-state index in [1.54, 1.807) is 12.2 Å². The second-order valence-corrected chi connectivity index (χ2v) is 2.94. The third-order valence-corrected chi connectivity index (χ3v) is 1.49. The average Bonchev–Trinajstić information content (AvgIpc) is 2.04. The van der Waals surface area contributed by atoms with Crippen LogP contribution in [0.4, 0.5) is 0 Å². The summed E-state index contributed by atoms with van der Waals surface area (Å²) in [4.78, 5) is 11.6. The van der Waals surface area contributed by atoms with Crippen LogP contribution in [0.25, 0.3) is 0 Å². The summed E-state index contributed by atoms with van der Waals surface area (Å²) in [6.45, 7) is 5.41. The van der Waals surface area contributed by atoms with Gasteiger partial charge in [-0.3, -0.25) is 4.79 Å². The van der Waals surface area contributed by atoms with Gasteiger partial charge in [0, 0.05) is 5.57 Å². The van der Waals surface area contributed by atoms with Gasteiger partial charge in [-0.25, -0.2) is 0 Å². The van der Waals surface area contributed by atoms with Gasteiger partial charge < -0.3 is 5.73 Å². The number of Topliss-reactive ketones (excluding diaryl/α,β-unsaturated/α-hetero) is 1. The van der Waals surface area contributed by atoms with E-state index < -0.39 is 0 Å². The van der Waals surface area contributed by atoms with Crippen LogP contribution in [0.3, 0.4) is 0 Å². The molecule has 2 nitrogen and oxygen atoms in total. The Bertz CT molecular complexity index is 277. The molecule has 0 rings (SSSR count). The Labute approximate surface area is 83.8 Å². The van der Waals surface area contributed by atoms with E-state index in [0.29, 0.717) is 5.57 Å². The first-order chi connectivity index (χ1) is 6.11. The highest BCUT2D eigenvalue weighted by Gasteiger charge is 2.05. The van der Waals surface area contributed by atoms with Crippen molar-refractivity contribution in [1.82, 2.24) is 0 Å². The highest BCUT2D eigenvalue weighted by atomic mass is 32.1. The molecule has 0 radical (unpaired) electrons. The molecular weight excluding hydrogens is 182 g/mol. The van der Waals surface area contributed by atoms with Crippen molar-refractivity contribution in [2.24, 2.45) is 5.73 Å². The van der Waals surface area contributed by atoms with Crippen LogP contribution in [0.1, 0.15) is 13.3 Å². The Hall–Kier alpha value is -1.22. The molecular formula is C10H13NOS. The van der Waals surface area contributed by atoms with Crippen LogP contribution in [-0.4, -0.2) is 10.8 Å². The van der Waals surface area contributed by atoms with E-state index in [1.807, 2.05) is 13.0 Å². The van der Waals surface area contributed by atoms with Crippen molar-refractivity contribution in [3.8, 4) is 0 Å². The first-order valence-corrected chi connectivity index (χ1v) is 4.29. The van der Waals surface area contributed by atoms with Crippen LogP contribution in [0, 0.1) is 0 Å². The summed E-state index contributed by atoms with van der Waals surface area (Å²) in [6.07, 6.45) is 6.89. The van der Waals surface area contributed by atoms with Gasteiger partial charge >= 0.3 is 0 Å². The summed E-state index contributed by atoms with van der Waals surface area (Å²) in [5.74, 6) is -0.0967. The molecule has 0 heterocycles. The van der Waals surface area contributed by atoms with Crippen LogP contribution < -0.4 is 5.73 Å². The number of allylic oxidation sites excluding steroid dienone is 5. The Balaban J connectivity index is 4.49. The van der Waals surface area contributed by atoms with Crippen LogP contribution >= 0.6 is 12.2 Å². The van der Waals surface area contributed by atoms with Crippen molar-refractivity contribution in [1.29, 1.82) is 0 Å². The summed E-state index contributed by atoms with van der Waals surface area (Å²) >= 11 is 4.63. The summed E-state index contributed by atoms with van der Waals surface area (Å²) in [6, 6.07) is 0. The number of rotatable bonds is 5. The van der Waals surface area contributed by atoms with E-state index in [4.69, 9.17) is 5.73 Å². The molecule has 0 aromatic carbocycles. The number of nitrogens with two attached hydrogens (primary N) is 1. The van der Waals surface area contributed by atoms with Crippen molar-refractivity contribution in [3.63, 3.8) is 0 Å². The maximum absolute atomic E-state index is 11.3. The molecule has 0 aromatic rings. The summed E-state index contributed by atoms with van der Waals surface area (Å²) < 4.78 is 0. The molecule has 0 atom stereocenters. The minimum Gasteiger partial charge on any atom is -0.393 e. The summed E-state index contributed by atoms with van der Waals surface area (Å²) in [5.41, 5.74) is 5.78. The smallest absolute Gasteiger partial charge is 0.169 e. The Morgan fingerprint density at radius 3 is 2.62 bits per heavy atom. The molecule has 0 aliphatic carbocycles. The van der Waals surface area contributed by atoms with Gasteiger partial charge in [-0.15, -0.1) is 0 Å². The molecule has 0 saturated carbocycles. The maximum Gasteiger partial charge on any atom is 0.169 e. The Kier molecular flexibility index (Phi) is 5.72. The maximum atomic E-state index is 11.3. The molecule has 0 unspecified atom stereocenters. The zero-order chi connectivity index (χ0) is 10.3. The largest absolute Gasteiger partial charge is 0.393 e. The molecule has 0 bridgehead atoms. The van der Waals surface area contributed by atoms with Gasteiger partial charge in [0.25, 0.3) is 0 Å². The second-order valence-electron chi connectivity index (χ2n) is 2.42. The summed E-state index contributed by atoms with van der Waals surface area (Å²) in [5, 5.41) is 0. The lowest BCUT2D eigenvalue weighted by Crippen LogP contribution is -2.14. The fourth-order valence-electron chi connectivity index (χ4n) is 0.735. The first-order valence-electron chi connectivity index (χ1n) is 3.88. The number of thiocarbonyl (C=S) groups is 1. The van der Waals surface area contributed by atoms with Gasteiger partial charge in [0.2, 0.25) is 0 Å².